The molecule has 0 aliphatic heterocycles. The molecule has 0 radical (unpaired) electrons. The summed E-state index contributed by atoms with van der Waals surface area (Å²) in [4.78, 5) is 13.5. The number of anilines is 1. The molecular formula is C18H14Cl3N3OS. The quantitative estimate of drug-likeness (QED) is 0.519. The van der Waals surface area contributed by atoms with E-state index in [1.807, 2.05) is 12.3 Å². The number of carbonyl (C=O) groups is 1. The predicted molar refractivity (Wildman–Crippen MR) is 109 cm³/mol. The van der Waals surface area contributed by atoms with Crippen molar-refractivity contribution in [2.75, 3.05) is 11.6 Å². The van der Waals surface area contributed by atoms with Crippen molar-refractivity contribution in [3.8, 4) is 0 Å². The minimum atomic E-state index is -0.291. The first-order valence-corrected chi connectivity index (χ1v) is 9.94. The second-order valence-corrected chi connectivity index (χ2v) is 7.53. The van der Waals surface area contributed by atoms with E-state index in [9.17, 15) is 4.79 Å². The summed E-state index contributed by atoms with van der Waals surface area (Å²) in [6, 6.07) is 10.7. The highest BCUT2D eigenvalue weighted by Crippen LogP contribution is 2.26. The molecule has 3 aromatic rings. The van der Waals surface area contributed by atoms with Gasteiger partial charge in [0.05, 0.1) is 29.0 Å². The third-order valence-corrected chi connectivity index (χ3v) is 5.45. The third-order valence-electron chi connectivity index (χ3n) is 3.69. The summed E-state index contributed by atoms with van der Waals surface area (Å²) in [7, 11) is 0. The Balaban J connectivity index is 1.75. The van der Waals surface area contributed by atoms with E-state index in [-0.39, 0.29) is 5.91 Å². The fourth-order valence-electron chi connectivity index (χ4n) is 2.36. The van der Waals surface area contributed by atoms with Gasteiger partial charge in [0, 0.05) is 26.7 Å². The van der Waals surface area contributed by atoms with Gasteiger partial charge in [-0.3, -0.25) is 9.48 Å². The molecule has 3 rings (SSSR count). The van der Waals surface area contributed by atoms with Gasteiger partial charge in [0.15, 0.2) is 0 Å². The molecule has 8 heteroatoms. The first-order valence-electron chi connectivity index (χ1n) is 7.58. The second kappa shape index (κ2) is 8.35. The van der Waals surface area contributed by atoms with Gasteiger partial charge in [0.2, 0.25) is 0 Å². The molecular weight excluding hydrogens is 413 g/mol. The Bertz CT molecular complexity index is 938. The minimum Gasteiger partial charge on any atom is -0.319 e. The van der Waals surface area contributed by atoms with Crippen molar-refractivity contribution in [1.82, 2.24) is 9.78 Å². The van der Waals surface area contributed by atoms with Crippen LogP contribution in [0.5, 0.6) is 0 Å². The lowest BCUT2D eigenvalue weighted by Gasteiger charge is -2.07. The maximum atomic E-state index is 12.5. The average molecular weight is 427 g/mol. The molecule has 0 aliphatic carbocycles. The van der Waals surface area contributed by atoms with Crippen molar-refractivity contribution in [3.05, 3.63) is 75.0 Å². The molecule has 1 aromatic heterocycles. The first kappa shape index (κ1) is 19.1. The SMILES string of the molecule is CSc1ccc(Cl)c(C(=O)Nc2cnn(Cc3c(Cl)cccc3Cl)c2)c1. The fraction of sp³-hybridized carbons (Fsp3) is 0.111. The summed E-state index contributed by atoms with van der Waals surface area (Å²) >= 11 is 20.1. The topological polar surface area (TPSA) is 46.9 Å². The van der Waals surface area contributed by atoms with Gasteiger partial charge in [-0.05, 0) is 36.6 Å². The molecule has 0 unspecified atom stereocenters. The Kier molecular flexibility index (Phi) is 6.14. The molecule has 1 N–H and O–H groups in total. The highest BCUT2D eigenvalue weighted by molar-refractivity contribution is 7.98. The summed E-state index contributed by atoms with van der Waals surface area (Å²) in [5.41, 5.74) is 1.75. The summed E-state index contributed by atoms with van der Waals surface area (Å²) in [6.45, 7) is 0.400. The highest BCUT2D eigenvalue weighted by atomic mass is 35.5. The standard InChI is InChI=1S/C18H14Cl3N3OS/c1-26-12-5-6-17(21)13(7-12)18(25)23-11-8-22-24(9-11)10-14-15(19)3-2-4-16(14)20/h2-9H,10H2,1H3,(H,23,25). The smallest absolute Gasteiger partial charge is 0.257 e. The third kappa shape index (κ3) is 4.35. The van der Waals surface area contributed by atoms with Gasteiger partial charge in [-0.2, -0.15) is 5.10 Å². The van der Waals surface area contributed by atoms with Gasteiger partial charge in [-0.25, -0.2) is 0 Å². The number of carbonyl (C=O) groups excluding carboxylic acids is 1. The summed E-state index contributed by atoms with van der Waals surface area (Å²) in [5, 5.41) is 8.58. The zero-order valence-corrected chi connectivity index (χ0v) is 16.8. The van der Waals surface area contributed by atoms with E-state index >= 15 is 0 Å². The van der Waals surface area contributed by atoms with Crippen LogP contribution in [0.4, 0.5) is 5.69 Å². The molecule has 0 atom stereocenters. The van der Waals surface area contributed by atoms with Gasteiger partial charge in [-0.15, -0.1) is 11.8 Å². The zero-order chi connectivity index (χ0) is 18.7. The summed E-state index contributed by atoms with van der Waals surface area (Å²) in [6.07, 6.45) is 5.22. The van der Waals surface area contributed by atoms with E-state index in [1.54, 1.807) is 59.2 Å². The van der Waals surface area contributed by atoms with Crippen LogP contribution in [-0.2, 0) is 6.54 Å². The van der Waals surface area contributed by atoms with Crippen LogP contribution in [0.1, 0.15) is 15.9 Å². The van der Waals surface area contributed by atoms with Crippen LogP contribution in [0.25, 0.3) is 0 Å². The van der Waals surface area contributed by atoms with E-state index in [4.69, 9.17) is 34.8 Å². The lowest BCUT2D eigenvalue weighted by molar-refractivity contribution is 0.102. The van der Waals surface area contributed by atoms with E-state index in [0.29, 0.717) is 32.9 Å². The number of rotatable bonds is 5. The van der Waals surface area contributed by atoms with Gasteiger partial charge in [0.1, 0.15) is 0 Å². The van der Waals surface area contributed by atoms with Crippen LogP contribution in [0.3, 0.4) is 0 Å². The summed E-state index contributed by atoms with van der Waals surface area (Å²) < 4.78 is 1.66. The molecule has 2 aromatic carbocycles. The molecule has 1 amide bonds. The number of benzene rings is 2. The number of nitrogens with zero attached hydrogens (tertiary/aromatic N) is 2. The van der Waals surface area contributed by atoms with Crippen molar-refractivity contribution in [1.29, 1.82) is 0 Å². The van der Waals surface area contributed by atoms with Crippen LogP contribution in [0.2, 0.25) is 15.1 Å². The molecule has 1 heterocycles. The van der Waals surface area contributed by atoms with Crippen LogP contribution in [0.15, 0.2) is 53.7 Å². The van der Waals surface area contributed by atoms with Gasteiger partial charge >= 0.3 is 0 Å². The maximum Gasteiger partial charge on any atom is 0.257 e. The zero-order valence-electron chi connectivity index (χ0n) is 13.7. The molecule has 4 nitrogen and oxygen atoms in total. The van der Waals surface area contributed by atoms with E-state index in [1.165, 1.54) is 0 Å². The molecule has 0 saturated heterocycles. The summed E-state index contributed by atoms with van der Waals surface area (Å²) in [5.74, 6) is -0.291. The van der Waals surface area contributed by atoms with E-state index < -0.39 is 0 Å². The lowest BCUT2D eigenvalue weighted by Crippen LogP contribution is -2.12. The van der Waals surface area contributed by atoms with Crippen LogP contribution in [-0.4, -0.2) is 21.9 Å². The van der Waals surface area contributed by atoms with Crippen molar-refractivity contribution in [3.63, 3.8) is 0 Å². The number of aromatic nitrogens is 2. The van der Waals surface area contributed by atoms with Crippen LogP contribution >= 0.6 is 46.6 Å². The maximum absolute atomic E-state index is 12.5. The molecule has 26 heavy (non-hydrogen) atoms. The monoisotopic (exact) mass is 425 g/mol. The number of halogens is 3. The Morgan fingerprint density at radius 2 is 1.88 bits per heavy atom. The van der Waals surface area contributed by atoms with E-state index in [0.717, 1.165) is 10.5 Å². The Morgan fingerprint density at radius 1 is 1.15 bits per heavy atom. The molecule has 0 saturated carbocycles. The normalized spacial score (nSPS) is 10.8. The van der Waals surface area contributed by atoms with Crippen molar-refractivity contribution in [2.45, 2.75) is 11.4 Å². The Morgan fingerprint density at radius 3 is 2.58 bits per heavy atom. The number of hydrogen-bond donors (Lipinski definition) is 1. The van der Waals surface area contributed by atoms with Crippen molar-refractivity contribution >= 4 is 58.2 Å². The Labute approximate surface area is 170 Å². The second-order valence-electron chi connectivity index (χ2n) is 5.43. The van der Waals surface area contributed by atoms with Crippen molar-refractivity contribution in [2.24, 2.45) is 0 Å². The van der Waals surface area contributed by atoms with Gasteiger partial charge in [0.25, 0.3) is 5.91 Å². The van der Waals surface area contributed by atoms with Gasteiger partial charge in [-0.1, -0.05) is 40.9 Å². The molecule has 0 fully saturated rings. The number of thioether (sulfide) groups is 1. The first-order chi connectivity index (χ1) is 12.5. The van der Waals surface area contributed by atoms with E-state index in [2.05, 4.69) is 10.4 Å². The van der Waals surface area contributed by atoms with Crippen LogP contribution < -0.4 is 5.32 Å². The number of amides is 1. The van der Waals surface area contributed by atoms with Crippen molar-refractivity contribution < 1.29 is 4.79 Å². The lowest BCUT2D eigenvalue weighted by atomic mass is 10.2. The van der Waals surface area contributed by atoms with Gasteiger partial charge < -0.3 is 5.32 Å². The molecule has 0 bridgehead atoms. The number of hydrogen-bond acceptors (Lipinski definition) is 3. The fourth-order valence-corrected chi connectivity index (χ4v) is 3.52. The largest absolute Gasteiger partial charge is 0.319 e. The Hall–Kier alpha value is -1.66. The molecule has 0 aliphatic rings. The predicted octanol–water partition coefficient (Wildman–Crippen LogP) is 5.87. The molecule has 0 spiro atoms. The highest BCUT2D eigenvalue weighted by Gasteiger charge is 2.13. The number of nitrogens with one attached hydrogen (secondary N) is 1. The van der Waals surface area contributed by atoms with Crippen LogP contribution in [0, 0.1) is 0 Å². The minimum absolute atomic E-state index is 0.291. The average Bonchev–Trinajstić information content (AvgIpc) is 3.05. The molecule has 134 valence electrons.